The average molecular weight is 358 g/mol. The second-order valence-electron chi connectivity index (χ2n) is 6.90. The van der Waals surface area contributed by atoms with Crippen molar-refractivity contribution in [2.75, 3.05) is 13.7 Å². The predicted octanol–water partition coefficient (Wildman–Crippen LogP) is 1.95. The van der Waals surface area contributed by atoms with E-state index in [1.807, 2.05) is 0 Å². The fraction of sp³-hybridized carbons (Fsp3) is 0.812. The molecule has 2 fully saturated rings. The summed E-state index contributed by atoms with van der Waals surface area (Å²) in [6.07, 6.45) is 2.87. The van der Waals surface area contributed by atoms with Crippen molar-refractivity contribution in [1.29, 1.82) is 0 Å². The first-order valence-electron chi connectivity index (χ1n) is 8.70. The summed E-state index contributed by atoms with van der Waals surface area (Å²) in [6.45, 7) is 0.437. The van der Waals surface area contributed by atoms with Crippen molar-refractivity contribution in [2.24, 2.45) is 0 Å². The molecule has 0 unspecified atom stereocenters. The number of aliphatic hydroxyl groups is 1. The van der Waals surface area contributed by atoms with Gasteiger partial charge in [-0.05, 0) is 32.1 Å². The van der Waals surface area contributed by atoms with Crippen LogP contribution in [-0.4, -0.2) is 56.3 Å². The van der Waals surface area contributed by atoms with E-state index in [4.69, 9.17) is 4.74 Å². The lowest BCUT2D eigenvalue weighted by atomic mass is 9.91. The Bertz CT molecular complexity index is 616. The summed E-state index contributed by atoms with van der Waals surface area (Å²) in [5.74, 6) is -4.32. The molecule has 7 nitrogen and oxygen atoms in total. The predicted molar refractivity (Wildman–Crippen MR) is 83.8 cm³/mol. The number of nitrogens with one attached hydrogen (secondary N) is 1. The van der Waals surface area contributed by atoms with Crippen molar-refractivity contribution >= 4 is 5.91 Å². The molecule has 3 rings (SSSR count). The zero-order valence-electron chi connectivity index (χ0n) is 14.3. The minimum Gasteiger partial charge on any atom is -0.383 e. The Hall–Kier alpha value is -1.61. The maximum atomic E-state index is 14.8. The standard InChI is InChI=1S/C16H24F2N4O3/c1-25-10-12-19-13(21-20-12)11-6-2-5-9-22(11)14(23)16(17,18)15(24)7-3-4-8-15/h11,24H,2-10H2,1H3,(H,19,20,21)/t11-/m0/s1. The molecule has 1 aliphatic heterocycles. The van der Waals surface area contributed by atoms with Crippen molar-refractivity contribution in [1.82, 2.24) is 20.1 Å². The number of aromatic amines is 1. The maximum Gasteiger partial charge on any atom is 0.352 e. The summed E-state index contributed by atoms with van der Waals surface area (Å²) in [7, 11) is 1.52. The van der Waals surface area contributed by atoms with Crippen LogP contribution in [0.25, 0.3) is 0 Å². The Balaban J connectivity index is 1.83. The molecule has 1 aromatic rings. The largest absolute Gasteiger partial charge is 0.383 e. The molecule has 9 heteroatoms. The fourth-order valence-electron chi connectivity index (χ4n) is 3.76. The minimum atomic E-state index is -3.80. The van der Waals surface area contributed by atoms with E-state index in [1.165, 1.54) is 7.11 Å². The molecule has 0 spiro atoms. The normalized spacial score (nSPS) is 23.8. The lowest BCUT2D eigenvalue weighted by molar-refractivity contribution is -0.203. The Morgan fingerprint density at radius 3 is 2.80 bits per heavy atom. The summed E-state index contributed by atoms with van der Waals surface area (Å²) in [4.78, 5) is 18.1. The number of halogens is 2. The van der Waals surface area contributed by atoms with E-state index in [-0.39, 0.29) is 26.0 Å². The van der Waals surface area contributed by atoms with Gasteiger partial charge in [0.1, 0.15) is 12.2 Å². The number of nitrogens with zero attached hydrogens (tertiary/aromatic N) is 3. The molecular formula is C16H24F2N4O3. The van der Waals surface area contributed by atoms with Gasteiger partial charge in [-0.1, -0.05) is 12.8 Å². The highest BCUT2D eigenvalue weighted by atomic mass is 19.3. The van der Waals surface area contributed by atoms with Crippen LogP contribution in [0.5, 0.6) is 0 Å². The molecule has 1 saturated carbocycles. The molecule has 25 heavy (non-hydrogen) atoms. The van der Waals surface area contributed by atoms with Gasteiger partial charge in [-0.25, -0.2) is 4.98 Å². The van der Waals surface area contributed by atoms with Crippen LogP contribution in [0.1, 0.15) is 62.6 Å². The summed E-state index contributed by atoms with van der Waals surface area (Å²) < 4.78 is 34.6. The van der Waals surface area contributed by atoms with E-state index in [0.717, 1.165) is 11.3 Å². The number of likely N-dealkylation sites (tertiary alicyclic amines) is 1. The Morgan fingerprint density at radius 1 is 1.40 bits per heavy atom. The third-order valence-corrected chi connectivity index (χ3v) is 5.18. The molecule has 0 aromatic carbocycles. The van der Waals surface area contributed by atoms with E-state index in [1.54, 1.807) is 0 Å². The molecule has 1 aromatic heterocycles. The lowest BCUT2D eigenvalue weighted by Crippen LogP contribution is -2.58. The van der Waals surface area contributed by atoms with E-state index >= 15 is 0 Å². The molecule has 1 atom stereocenters. The number of amides is 1. The molecule has 0 bridgehead atoms. The summed E-state index contributed by atoms with van der Waals surface area (Å²) in [5.41, 5.74) is -2.24. The quantitative estimate of drug-likeness (QED) is 0.839. The first-order valence-corrected chi connectivity index (χ1v) is 8.70. The number of hydrogen-bond acceptors (Lipinski definition) is 5. The molecule has 1 saturated heterocycles. The zero-order valence-corrected chi connectivity index (χ0v) is 14.3. The smallest absolute Gasteiger partial charge is 0.352 e. The van der Waals surface area contributed by atoms with Crippen LogP contribution in [-0.2, 0) is 16.1 Å². The third kappa shape index (κ3) is 3.27. The first-order chi connectivity index (χ1) is 11.9. The molecule has 2 aliphatic rings. The van der Waals surface area contributed by atoms with Crippen molar-refractivity contribution in [2.45, 2.75) is 69.1 Å². The van der Waals surface area contributed by atoms with Gasteiger partial charge >= 0.3 is 5.92 Å². The van der Waals surface area contributed by atoms with Gasteiger partial charge in [0, 0.05) is 13.7 Å². The number of carbonyl (C=O) groups is 1. The fourth-order valence-corrected chi connectivity index (χ4v) is 3.76. The Kier molecular flexibility index (Phi) is 5.06. The van der Waals surface area contributed by atoms with E-state index < -0.39 is 23.5 Å². The zero-order chi connectivity index (χ0) is 18.1. The van der Waals surface area contributed by atoms with Gasteiger partial charge in [-0.3, -0.25) is 9.89 Å². The van der Waals surface area contributed by atoms with Gasteiger partial charge < -0.3 is 14.7 Å². The van der Waals surface area contributed by atoms with Crippen LogP contribution in [0, 0.1) is 0 Å². The van der Waals surface area contributed by atoms with Gasteiger partial charge in [0.2, 0.25) is 0 Å². The molecule has 2 N–H and O–H groups in total. The van der Waals surface area contributed by atoms with Crippen LogP contribution in [0.2, 0.25) is 0 Å². The highest BCUT2D eigenvalue weighted by molar-refractivity contribution is 5.85. The molecular weight excluding hydrogens is 334 g/mol. The van der Waals surface area contributed by atoms with Crippen molar-refractivity contribution < 1.29 is 23.4 Å². The van der Waals surface area contributed by atoms with E-state index in [9.17, 15) is 18.7 Å². The molecule has 2 heterocycles. The summed E-state index contributed by atoms with van der Waals surface area (Å²) >= 11 is 0. The number of methoxy groups -OCH3 is 1. The van der Waals surface area contributed by atoms with Crippen molar-refractivity contribution in [3.05, 3.63) is 11.6 Å². The number of piperidine rings is 1. The van der Waals surface area contributed by atoms with Gasteiger partial charge in [0.05, 0.1) is 6.04 Å². The Morgan fingerprint density at radius 2 is 2.12 bits per heavy atom. The number of aromatic nitrogens is 3. The lowest BCUT2D eigenvalue weighted by Gasteiger charge is -2.39. The van der Waals surface area contributed by atoms with Gasteiger partial charge in [-0.2, -0.15) is 13.9 Å². The average Bonchev–Trinajstić information content (AvgIpc) is 3.25. The maximum absolute atomic E-state index is 14.8. The minimum absolute atomic E-state index is 0.0527. The molecule has 0 radical (unpaired) electrons. The van der Waals surface area contributed by atoms with Crippen LogP contribution < -0.4 is 0 Å². The molecule has 1 aliphatic carbocycles. The third-order valence-electron chi connectivity index (χ3n) is 5.18. The van der Waals surface area contributed by atoms with Gasteiger partial charge in [0.15, 0.2) is 11.6 Å². The summed E-state index contributed by atoms with van der Waals surface area (Å²) in [6, 6.07) is -0.612. The molecule has 140 valence electrons. The highest BCUT2D eigenvalue weighted by Crippen LogP contribution is 2.44. The van der Waals surface area contributed by atoms with Crippen molar-refractivity contribution in [3.8, 4) is 0 Å². The number of H-pyrrole nitrogens is 1. The number of hydrogen-bond donors (Lipinski definition) is 2. The number of carbonyl (C=O) groups excluding carboxylic acids is 1. The van der Waals surface area contributed by atoms with Crippen molar-refractivity contribution in [3.63, 3.8) is 0 Å². The number of alkyl halides is 2. The van der Waals surface area contributed by atoms with E-state index in [0.29, 0.717) is 37.3 Å². The van der Waals surface area contributed by atoms with Gasteiger partial charge in [0.25, 0.3) is 5.91 Å². The van der Waals surface area contributed by atoms with E-state index in [2.05, 4.69) is 15.2 Å². The summed E-state index contributed by atoms with van der Waals surface area (Å²) in [5, 5.41) is 17.1. The van der Waals surface area contributed by atoms with Crippen LogP contribution >= 0.6 is 0 Å². The van der Waals surface area contributed by atoms with Gasteiger partial charge in [-0.15, -0.1) is 0 Å². The second kappa shape index (κ2) is 6.95. The highest BCUT2D eigenvalue weighted by Gasteiger charge is 2.61. The topological polar surface area (TPSA) is 91.3 Å². The van der Waals surface area contributed by atoms with Crippen LogP contribution in [0.3, 0.4) is 0 Å². The SMILES string of the molecule is COCc1nc([C@@H]2CCCCN2C(=O)C(F)(F)C2(O)CCCC2)n[nH]1. The number of rotatable bonds is 5. The first kappa shape index (κ1) is 18.2. The van der Waals surface area contributed by atoms with Crippen LogP contribution in [0.4, 0.5) is 8.78 Å². The Labute approximate surface area is 144 Å². The monoisotopic (exact) mass is 358 g/mol. The van der Waals surface area contributed by atoms with Crippen LogP contribution in [0.15, 0.2) is 0 Å². The second-order valence-corrected chi connectivity index (χ2v) is 6.90. The number of ether oxygens (including phenoxy) is 1. The molecule has 1 amide bonds.